The molecule has 37 heavy (non-hydrogen) atoms. The fraction of sp³-hybridized carbons (Fsp3) is 0.200. The van der Waals surface area contributed by atoms with E-state index < -0.39 is 11.6 Å². The quantitative estimate of drug-likeness (QED) is 0.452. The molecule has 1 heterocycles. The first-order chi connectivity index (χ1) is 17.8. The number of nitrogens with zero attached hydrogens (tertiary/aromatic N) is 1. The van der Waals surface area contributed by atoms with Gasteiger partial charge in [-0.15, -0.1) is 0 Å². The van der Waals surface area contributed by atoms with E-state index in [1.165, 1.54) is 14.2 Å². The van der Waals surface area contributed by atoms with Crippen LogP contribution in [-0.2, 0) is 25.5 Å². The van der Waals surface area contributed by atoms with E-state index in [0.717, 1.165) is 16.7 Å². The zero-order valence-electron chi connectivity index (χ0n) is 21.2. The molecule has 0 spiro atoms. The highest BCUT2D eigenvalue weighted by molar-refractivity contribution is 6.23. The Balaban J connectivity index is 1.71. The van der Waals surface area contributed by atoms with Gasteiger partial charge >= 0.3 is 0 Å². The van der Waals surface area contributed by atoms with Crippen LogP contribution in [0.2, 0.25) is 0 Å². The summed E-state index contributed by atoms with van der Waals surface area (Å²) in [6.07, 6.45) is 3.50. The molecule has 0 saturated heterocycles. The number of benzene rings is 2. The first-order valence-corrected chi connectivity index (χ1v) is 11.9. The normalized spacial score (nSPS) is 14.5. The Bertz CT molecular complexity index is 1410. The molecule has 7 nitrogen and oxygen atoms in total. The molecule has 1 aliphatic carbocycles. The summed E-state index contributed by atoms with van der Waals surface area (Å²) in [6, 6.07) is 18.6. The first kappa shape index (κ1) is 25.6. The van der Waals surface area contributed by atoms with E-state index in [0.29, 0.717) is 22.3 Å². The number of rotatable bonds is 8. The van der Waals surface area contributed by atoms with Gasteiger partial charge < -0.3 is 14.8 Å². The maximum atomic E-state index is 13.5. The zero-order chi connectivity index (χ0) is 26.5. The highest BCUT2D eigenvalue weighted by Gasteiger charge is 2.34. The van der Waals surface area contributed by atoms with E-state index in [9.17, 15) is 14.4 Å². The van der Waals surface area contributed by atoms with Crippen LogP contribution in [0.3, 0.4) is 0 Å². The molecule has 188 valence electrons. The van der Waals surface area contributed by atoms with E-state index in [1.807, 2.05) is 61.5 Å². The Morgan fingerprint density at radius 3 is 2.22 bits per heavy atom. The molecule has 4 rings (SSSR count). The third-order valence-electron chi connectivity index (χ3n) is 6.44. The number of allylic oxidation sites excluding steroid dienone is 2. The largest absolute Gasteiger partial charge is 0.489 e. The van der Waals surface area contributed by atoms with Crippen molar-refractivity contribution in [3.8, 4) is 11.1 Å². The van der Waals surface area contributed by atoms with Gasteiger partial charge in [-0.05, 0) is 54.3 Å². The van der Waals surface area contributed by atoms with Crippen molar-refractivity contribution in [3.63, 3.8) is 0 Å². The minimum Gasteiger partial charge on any atom is -0.489 e. The molecule has 1 aliphatic rings. The van der Waals surface area contributed by atoms with Crippen LogP contribution >= 0.6 is 0 Å². The number of hydrogen-bond donors (Lipinski definition) is 1. The van der Waals surface area contributed by atoms with Gasteiger partial charge in [0.1, 0.15) is 0 Å². The molecule has 0 saturated carbocycles. The van der Waals surface area contributed by atoms with Gasteiger partial charge in [0.15, 0.2) is 0 Å². The molecule has 7 heteroatoms. The lowest BCUT2D eigenvalue weighted by Crippen LogP contribution is -2.27. The summed E-state index contributed by atoms with van der Waals surface area (Å²) in [4.78, 5) is 43.5. The number of ketones is 2. The van der Waals surface area contributed by atoms with E-state index >= 15 is 0 Å². The van der Waals surface area contributed by atoms with Crippen molar-refractivity contribution in [3.05, 3.63) is 112 Å². The van der Waals surface area contributed by atoms with Crippen LogP contribution in [0.25, 0.3) is 11.1 Å². The van der Waals surface area contributed by atoms with Crippen LogP contribution < -0.4 is 5.32 Å². The molecule has 1 atom stereocenters. The molecular weight excluding hydrogens is 468 g/mol. The highest BCUT2D eigenvalue weighted by atomic mass is 16.5. The molecular formula is C30H28N2O5. The molecule has 0 fully saturated rings. The van der Waals surface area contributed by atoms with Crippen LogP contribution in [0, 0.1) is 0 Å². The lowest BCUT2D eigenvalue weighted by Gasteiger charge is -2.21. The van der Waals surface area contributed by atoms with Crippen LogP contribution in [0.4, 0.5) is 0 Å². The highest BCUT2D eigenvalue weighted by Crippen LogP contribution is 2.30. The Labute approximate surface area is 215 Å². The number of nitrogens with one attached hydrogen (secondary N) is 1. The van der Waals surface area contributed by atoms with Crippen LogP contribution in [-0.4, -0.2) is 36.7 Å². The predicted molar refractivity (Wildman–Crippen MR) is 139 cm³/mol. The number of hydrogen-bond acceptors (Lipinski definition) is 6. The van der Waals surface area contributed by atoms with Gasteiger partial charge in [-0.25, -0.2) is 0 Å². The van der Waals surface area contributed by atoms with Gasteiger partial charge in [-0.2, -0.15) is 0 Å². The van der Waals surface area contributed by atoms with Crippen molar-refractivity contribution in [1.29, 1.82) is 0 Å². The Hall–Kier alpha value is -4.52. The van der Waals surface area contributed by atoms with E-state index in [2.05, 4.69) is 10.3 Å². The number of aromatic nitrogens is 1. The number of carbonyl (C=O) groups is 3. The molecule has 1 aromatic heterocycles. The van der Waals surface area contributed by atoms with Crippen LogP contribution in [0.5, 0.6) is 0 Å². The minimum absolute atomic E-state index is 0.100. The molecule has 0 aliphatic heterocycles. The van der Waals surface area contributed by atoms with Crippen LogP contribution in [0.15, 0.2) is 95.7 Å². The number of Topliss-reactive ketones (excluding diaryl/α,β-unsaturated/α-hetero) is 2. The second kappa shape index (κ2) is 11.0. The van der Waals surface area contributed by atoms with E-state index in [-0.39, 0.29) is 29.9 Å². The fourth-order valence-electron chi connectivity index (χ4n) is 4.38. The third kappa shape index (κ3) is 5.21. The van der Waals surface area contributed by atoms with Gasteiger partial charge in [0.2, 0.25) is 23.1 Å². The number of carbonyl (C=O) groups excluding carboxylic acids is 3. The van der Waals surface area contributed by atoms with Gasteiger partial charge in [0.25, 0.3) is 5.91 Å². The predicted octanol–water partition coefficient (Wildman–Crippen LogP) is 4.75. The molecule has 1 N–H and O–H groups in total. The van der Waals surface area contributed by atoms with Gasteiger partial charge in [-0.3, -0.25) is 19.4 Å². The summed E-state index contributed by atoms with van der Waals surface area (Å²) in [6.45, 7) is 3.52. The number of methoxy groups -OCH3 is 2. The summed E-state index contributed by atoms with van der Waals surface area (Å²) < 4.78 is 10.3. The Morgan fingerprint density at radius 1 is 0.919 bits per heavy atom. The first-order valence-electron chi connectivity index (χ1n) is 11.9. The number of ether oxygens (including phenoxy) is 2. The van der Waals surface area contributed by atoms with Crippen molar-refractivity contribution in [1.82, 2.24) is 10.3 Å². The molecule has 3 aromatic rings. The molecule has 1 amide bonds. The average molecular weight is 497 g/mol. The average Bonchev–Trinajstić information content (AvgIpc) is 2.93. The SMILES string of the molecule is COC1=C(OC)C(=O)C(Cc2ccc(-c3ccncc3)c(C(=O)N[C@H](C)c3ccccc3)c2)=C(C)C1=O. The molecule has 2 aromatic carbocycles. The van der Waals surface area contributed by atoms with Crippen molar-refractivity contribution >= 4 is 17.5 Å². The monoisotopic (exact) mass is 496 g/mol. The van der Waals surface area contributed by atoms with Crippen molar-refractivity contribution in [2.45, 2.75) is 26.3 Å². The summed E-state index contributed by atoms with van der Waals surface area (Å²) in [5.74, 6) is -1.26. The lowest BCUT2D eigenvalue weighted by molar-refractivity contribution is -0.121. The smallest absolute Gasteiger partial charge is 0.252 e. The lowest BCUT2D eigenvalue weighted by atomic mass is 9.87. The van der Waals surface area contributed by atoms with E-state index in [1.54, 1.807) is 25.4 Å². The van der Waals surface area contributed by atoms with E-state index in [4.69, 9.17) is 9.47 Å². The third-order valence-corrected chi connectivity index (χ3v) is 6.44. The molecule has 0 bridgehead atoms. The van der Waals surface area contributed by atoms with Gasteiger partial charge in [0.05, 0.1) is 20.3 Å². The maximum Gasteiger partial charge on any atom is 0.252 e. The maximum absolute atomic E-state index is 13.5. The fourth-order valence-corrected chi connectivity index (χ4v) is 4.38. The second-order valence-corrected chi connectivity index (χ2v) is 8.73. The van der Waals surface area contributed by atoms with Crippen molar-refractivity contribution < 1.29 is 23.9 Å². The van der Waals surface area contributed by atoms with Gasteiger partial charge in [0, 0.05) is 35.5 Å². The van der Waals surface area contributed by atoms with Crippen molar-refractivity contribution in [2.24, 2.45) is 0 Å². The number of pyridine rings is 1. The number of amides is 1. The van der Waals surface area contributed by atoms with Crippen molar-refractivity contribution in [2.75, 3.05) is 14.2 Å². The Kier molecular flexibility index (Phi) is 7.63. The minimum atomic E-state index is -0.404. The molecule has 0 unspecified atom stereocenters. The summed E-state index contributed by atoms with van der Waals surface area (Å²) in [5.41, 5.74) is 4.33. The molecule has 0 radical (unpaired) electrons. The van der Waals surface area contributed by atoms with Gasteiger partial charge in [-0.1, -0.05) is 42.5 Å². The summed E-state index contributed by atoms with van der Waals surface area (Å²) >= 11 is 0. The summed E-state index contributed by atoms with van der Waals surface area (Å²) in [7, 11) is 2.66. The zero-order valence-corrected chi connectivity index (χ0v) is 21.2. The summed E-state index contributed by atoms with van der Waals surface area (Å²) in [5, 5.41) is 3.08. The van der Waals surface area contributed by atoms with Crippen LogP contribution in [0.1, 0.15) is 41.4 Å². The topological polar surface area (TPSA) is 94.6 Å². The Morgan fingerprint density at radius 2 is 1.57 bits per heavy atom. The standard InChI is InChI=1S/C30H28N2O5/c1-18-24(27(34)29(37-4)28(36-3)26(18)33)16-20-10-11-23(22-12-14-31-15-13-22)25(17-20)30(35)32-19(2)21-8-6-5-7-9-21/h5-15,17,19H,16H2,1-4H3,(H,32,35)/t19-/m1/s1. The second-order valence-electron chi connectivity index (χ2n) is 8.73.